The number of thiazole rings is 1. The summed E-state index contributed by atoms with van der Waals surface area (Å²) in [5, 5.41) is 2.98. The number of hydrogen-bond acceptors (Lipinski definition) is 5. The molecule has 0 saturated heterocycles. The summed E-state index contributed by atoms with van der Waals surface area (Å²) in [6.45, 7) is 1.81. The van der Waals surface area contributed by atoms with E-state index in [4.69, 9.17) is 9.73 Å². The lowest BCUT2D eigenvalue weighted by molar-refractivity contribution is -0.113. The fourth-order valence-electron chi connectivity index (χ4n) is 4.92. The van der Waals surface area contributed by atoms with Crippen molar-refractivity contribution in [2.75, 3.05) is 12.4 Å². The van der Waals surface area contributed by atoms with Gasteiger partial charge in [0.1, 0.15) is 5.75 Å². The van der Waals surface area contributed by atoms with E-state index in [0.29, 0.717) is 32.0 Å². The molecule has 0 unspecified atom stereocenters. The average Bonchev–Trinajstić information content (AvgIpc) is 3.57. The summed E-state index contributed by atoms with van der Waals surface area (Å²) < 4.78 is 10.5. The molecule has 3 heterocycles. The summed E-state index contributed by atoms with van der Waals surface area (Å²) in [5.41, 5.74) is 4.04. The van der Waals surface area contributed by atoms with Crippen LogP contribution in [0.25, 0.3) is 11.8 Å². The van der Waals surface area contributed by atoms with Gasteiger partial charge in [0.2, 0.25) is 0 Å². The Hall–Kier alpha value is -4.47. The van der Waals surface area contributed by atoms with Crippen molar-refractivity contribution in [2.45, 2.75) is 13.0 Å². The summed E-state index contributed by atoms with van der Waals surface area (Å²) >= 11 is 4.80. The maximum Gasteiger partial charge on any atom is 0.271 e. The molecule has 0 spiro atoms. The normalized spacial score (nSPS) is 14.9. The first-order chi connectivity index (χ1) is 19.9. The number of carbonyl (C=O) groups excluding carboxylic acids is 1. The number of benzene rings is 3. The van der Waals surface area contributed by atoms with Crippen LogP contribution in [0, 0.1) is 0 Å². The van der Waals surface area contributed by atoms with Crippen LogP contribution in [0.15, 0.2) is 123 Å². The Balaban J connectivity index is 1.49. The Kier molecular flexibility index (Phi) is 7.30. The van der Waals surface area contributed by atoms with Gasteiger partial charge in [0.15, 0.2) is 4.80 Å². The Bertz CT molecular complexity index is 1950. The number of para-hydroxylation sites is 1. The van der Waals surface area contributed by atoms with Crippen molar-refractivity contribution in [3.05, 3.63) is 144 Å². The van der Waals surface area contributed by atoms with E-state index in [0.717, 1.165) is 21.4 Å². The number of nitrogens with one attached hydrogen (secondary N) is 1. The lowest BCUT2D eigenvalue weighted by Gasteiger charge is -2.25. The third-order valence-electron chi connectivity index (χ3n) is 6.89. The maximum atomic E-state index is 14.1. The van der Waals surface area contributed by atoms with Gasteiger partial charge in [-0.25, -0.2) is 4.99 Å². The van der Waals surface area contributed by atoms with Crippen LogP contribution < -0.4 is 24.9 Å². The van der Waals surface area contributed by atoms with Crippen LogP contribution in [0.3, 0.4) is 0 Å². The minimum absolute atomic E-state index is 0.212. The second-order valence-electron chi connectivity index (χ2n) is 9.45. The molecule has 0 fully saturated rings. The van der Waals surface area contributed by atoms with E-state index in [1.54, 1.807) is 11.7 Å². The highest BCUT2D eigenvalue weighted by molar-refractivity contribution is 9.10. The molecule has 1 aliphatic rings. The number of allylic oxidation sites excluding steroid dienone is 1. The predicted octanol–water partition coefficient (Wildman–Crippen LogP) is 5.44. The lowest BCUT2D eigenvalue weighted by Crippen LogP contribution is -2.40. The molecule has 1 amide bonds. The first-order valence-electron chi connectivity index (χ1n) is 12.9. The maximum absolute atomic E-state index is 14.1. The zero-order valence-corrected chi connectivity index (χ0v) is 24.6. The summed E-state index contributed by atoms with van der Waals surface area (Å²) in [6.07, 6.45) is 3.84. The van der Waals surface area contributed by atoms with E-state index in [1.165, 1.54) is 11.3 Å². The van der Waals surface area contributed by atoms with E-state index in [1.807, 2.05) is 115 Å². The first kappa shape index (κ1) is 26.7. The summed E-state index contributed by atoms with van der Waals surface area (Å²) in [4.78, 5) is 33.1. The molecule has 41 heavy (non-hydrogen) atoms. The topological polar surface area (TPSA) is 77.6 Å². The summed E-state index contributed by atoms with van der Waals surface area (Å²) in [5.74, 6) is 0.377. The van der Waals surface area contributed by atoms with Gasteiger partial charge in [0.05, 0.1) is 29.0 Å². The molecular weight excluding hydrogens is 600 g/mol. The third-order valence-corrected chi connectivity index (χ3v) is 8.41. The van der Waals surface area contributed by atoms with Gasteiger partial charge in [-0.3, -0.25) is 14.2 Å². The monoisotopic (exact) mass is 624 g/mol. The fraction of sp³-hybridized carbons (Fsp3) is 0.0938. The van der Waals surface area contributed by atoms with Crippen molar-refractivity contribution in [2.24, 2.45) is 4.99 Å². The number of hydrogen-bond donors (Lipinski definition) is 1. The van der Waals surface area contributed by atoms with Gasteiger partial charge < -0.3 is 14.6 Å². The molecule has 1 atom stereocenters. The molecule has 0 saturated carbocycles. The molecule has 9 heteroatoms. The molecule has 2 aromatic heterocycles. The third kappa shape index (κ3) is 5.21. The number of halogens is 1. The molecule has 6 rings (SSSR count). The van der Waals surface area contributed by atoms with Crippen LogP contribution >= 0.6 is 27.3 Å². The average molecular weight is 626 g/mol. The number of carbonyl (C=O) groups is 1. The number of fused-ring (bicyclic) bond motifs is 1. The number of methoxy groups -OCH3 is 1. The Morgan fingerprint density at radius 1 is 1.00 bits per heavy atom. The van der Waals surface area contributed by atoms with Crippen LogP contribution in [0.4, 0.5) is 5.69 Å². The van der Waals surface area contributed by atoms with Gasteiger partial charge in [0, 0.05) is 27.7 Å². The number of ether oxygens (including phenoxy) is 1. The molecule has 3 aromatic carbocycles. The molecule has 7 nitrogen and oxygen atoms in total. The van der Waals surface area contributed by atoms with Gasteiger partial charge in [-0.2, -0.15) is 0 Å². The van der Waals surface area contributed by atoms with Crippen LogP contribution in [0.1, 0.15) is 24.2 Å². The Morgan fingerprint density at radius 2 is 1.73 bits per heavy atom. The molecular formula is C32H25BrN4O3S. The van der Waals surface area contributed by atoms with Crippen LogP contribution in [0.2, 0.25) is 0 Å². The molecule has 0 radical (unpaired) electrons. The predicted molar refractivity (Wildman–Crippen MR) is 165 cm³/mol. The minimum Gasteiger partial charge on any atom is -0.497 e. The van der Waals surface area contributed by atoms with Crippen LogP contribution in [0.5, 0.6) is 5.75 Å². The smallest absolute Gasteiger partial charge is 0.271 e. The molecule has 1 N–H and O–H groups in total. The zero-order valence-electron chi connectivity index (χ0n) is 22.2. The Labute approximate surface area is 248 Å². The molecule has 0 aliphatic carbocycles. The number of aromatic nitrogens is 2. The number of amides is 1. The minimum atomic E-state index is -0.665. The van der Waals surface area contributed by atoms with Gasteiger partial charge in [0.25, 0.3) is 11.5 Å². The van der Waals surface area contributed by atoms with E-state index in [9.17, 15) is 9.59 Å². The van der Waals surface area contributed by atoms with Crippen molar-refractivity contribution >= 4 is 44.9 Å². The number of anilines is 1. The van der Waals surface area contributed by atoms with Crippen LogP contribution in [-0.4, -0.2) is 22.2 Å². The molecule has 1 aliphatic heterocycles. The van der Waals surface area contributed by atoms with Crippen molar-refractivity contribution in [1.29, 1.82) is 0 Å². The van der Waals surface area contributed by atoms with Crippen LogP contribution in [-0.2, 0) is 4.79 Å². The van der Waals surface area contributed by atoms with Gasteiger partial charge in [-0.1, -0.05) is 57.6 Å². The van der Waals surface area contributed by atoms with Gasteiger partial charge in [-0.15, -0.1) is 0 Å². The quantitative estimate of drug-likeness (QED) is 0.273. The van der Waals surface area contributed by atoms with E-state index >= 15 is 0 Å². The fourth-order valence-corrected chi connectivity index (χ4v) is 6.21. The first-order valence-corrected chi connectivity index (χ1v) is 14.5. The molecule has 204 valence electrons. The van der Waals surface area contributed by atoms with Crippen molar-refractivity contribution in [3.8, 4) is 11.4 Å². The molecule has 5 aromatic rings. The van der Waals surface area contributed by atoms with Gasteiger partial charge >= 0.3 is 0 Å². The highest BCUT2D eigenvalue weighted by atomic mass is 79.9. The van der Waals surface area contributed by atoms with Crippen molar-refractivity contribution < 1.29 is 9.53 Å². The van der Waals surface area contributed by atoms with E-state index in [2.05, 4.69) is 21.2 Å². The molecule has 0 bridgehead atoms. The lowest BCUT2D eigenvalue weighted by atomic mass is 9.95. The number of nitrogens with zero attached hydrogens (tertiary/aromatic N) is 3. The second kappa shape index (κ2) is 11.2. The summed E-state index contributed by atoms with van der Waals surface area (Å²) in [7, 11) is 1.60. The van der Waals surface area contributed by atoms with Crippen molar-refractivity contribution in [1.82, 2.24) is 9.13 Å². The summed E-state index contributed by atoms with van der Waals surface area (Å²) in [6, 6.07) is 27.9. The largest absolute Gasteiger partial charge is 0.497 e. The van der Waals surface area contributed by atoms with Crippen molar-refractivity contribution in [3.63, 3.8) is 0 Å². The SMILES string of the molecule is COc1ccc([C@@H]2C(C(=O)Nc3ccccc3)=C(C)N=c3s/c(=C/c4cccn4-c4ccc(Br)cc4)c(=O)n32)cc1. The van der Waals surface area contributed by atoms with E-state index < -0.39 is 6.04 Å². The van der Waals surface area contributed by atoms with Gasteiger partial charge in [-0.05, 0) is 79.2 Å². The second-order valence-corrected chi connectivity index (χ2v) is 11.4. The zero-order chi connectivity index (χ0) is 28.5. The number of rotatable bonds is 6. The standard InChI is InChI=1S/C32H25BrN4O3S/c1-20-28(30(38)35-23-7-4-3-5-8-23)29(21-10-16-26(40-2)17-11-21)37-31(39)27(41-32(37)34-20)19-25-9-6-18-36(25)24-14-12-22(33)13-15-24/h3-19,29H,1-2H3,(H,35,38)/b27-19+/t29-/m1/s1. The highest BCUT2D eigenvalue weighted by Crippen LogP contribution is 2.31. The highest BCUT2D eigenvalue weighted by Gasteiger charge is 2.32. The van der Waals surface area contributed by atoms with E-state index in [-0.39, 0.29) is 11.5 Å². The Morgan fingerprint density at radius 3 is 2.44 bits per heavy atom.